The molecule has 94 valence electrons. The van der Waals surface area contributed by atoms with Crippen molar-refractivity contribution in [3.8, 4) is 0 Å². The number of benzene rings is 1. The molecule has 1 unspecified atom stereocenters. The second kappa shape index (κ2) is 6.94. The van der Waals surface area contributed by atoms with Gasteiger partial charge in [0, 0.05) is 12.2 Å². The van der Waals surface area contributed by atoms with Gasteiger partial charge in [0.25, 0.3) is 0 Å². The highest BCUT2D eigenvalue weighted by atomic mass is 16.4. The Balaban J connectivity index is 2.75. The van der Waals surface area contributed by atoms with Crippen molar-refractivity contribution in [3.05, 3.63) is 30.3 Å². The fourth-order valence-corrected chi connectivity index (χ4v) is 1.83. The molecule has 0 saturated heterocycles. The predicted octanol–water partition coefficient (Wildman–Crippen LogP) is 3.16. The van der Waals surface area contributed by atoms with Gasteiger partial charge in [0.2, 0.25) is 0 Å². The molecule has 0 amide bonds. The summed E-state index contributed by atoms with van der Waals surface area (Å²) in [4.78, 5) is 13.1. The lowest BCUT2D eigenvalue weighted by Crippen LogP contribution is -2.39. The molecule has 0 fully saturated rings. The first kappa shape index (κ1) is 13.6. The molecule has 0 spiro atoms. The van der Waals surface area contributed by atoms with Crippen LogP contribution in [-0.2, 0) is 4.79 Å². The molecule has 0 saturated carbocycles. The molecule has 0 bridgehead atoms. The molecule has 17 heavy (non-hydrogen) atoms. The lowest BCUT2D eigenvalue weighted by atomic mass is 10.1. The summed E-state index contributed by atoms with van der Waals surface area (Å²) in [6.45, 7) is 4.68. The molecule has 0 heterocycles. The Kier molecular flexibility index (Phi) is 5.53. The summed E-state index contributed by atoms with van der Waals surface area (Å²) in [5.74, 6) is -0.773. The maximum atomic E-state index is 11.1. The van der Waals surface area contributed by atoms with Gasteiger partial charge in [0.05, 0.1) is 0 Å². The number of aliphatic carboxylic acids is 1. The Morgan fingerprint density at radius 1 is 1.29 bits per heavy atom. The van der Waals surface area contributed by atoms with Crippen molar-refractivity contribution in [1.82, 2.24) is 0 Å². The maximum Gasteiger partial charge on any atom is 0.326 e. The van der Waals surface area contributed by atoms with E-state index in [-0.39, 0.29) is 0 Å². The van der Waals surface area contributed by atoms with Crippen molar-refractivity contribution in [2.24, 2.45) is 0 Å². The zero-order valence-corrected chi connectivity index (χ0v) is 10.6. The number of hydrogen-bond acceptors (Lipinski definition) is 2. The van der Waals surface area contributed by atoms with Crippen molar-refractivity contribution >= 4 is 11.7 Å². The first-order valence-corrected chi connectivity index (χ1v) is 6.21. The minimum absolute atomic E-state index is 0.478. The molecule has 1 N–H and O–H groups in total. The van der Waals surface area contributed by atoms with Crippen LogP contribution in [0.15, 0.2) is 30.3 Å². The van der Waals surface area contributed by atoms with Crippen LogP contribution in [0.5, 0.6) is 0 Å². The number of carboxylic acids is 1. The lowest BCUT2D eigenvalue weighted by Gasteiger charge is -2.28. The van der Waals surface area contributed by atoms with Crippen LogP contribution in [0.25, 0.3) is 0 Å². The fraction of sp³-hybridized carbons (Fsp3) is 0.500. The Hall–Kier alpha value is -1.51. The molecule has 1 aromatic rings. The van der Waals surface area contributed by atoms with E-state index in [0.717, 1.165) is 31.5 Å². The zero-order valence-electron chi connectivity index (χ0n) is 10.6. The molecule has 0 aromatic heterocycles. The number of unbranched alkanes of at least 4 members (excludes halogenated alkanes) is 2. The Bertz CT molecular complexity index is 337. The Morgan fingerprint density at radius 2 is 1.94 bits per heavy atom. The second-order valence-electron chi connectivity index (χ2n) is 4.25. The van der Waals surface area contributed by atoms with E-state index in [1.165, 1.54) is 0 Å². The highest BCUT2D eigenvalue weighted by Gasteiger charge is 2.20. The standard InChI is InChI=1S/C14H21NO2/c1-3-4-8-11-15(12(2)14(16)17)13-9-6-5-7-10-13/h5-7,9-10,12H,3-4,8,11H2,1-2H3,(H,16,17). The summed E-state index contributed by atoms with van der Waals surface area (Å²) < 4.78 is 0. The van der Waals surface area contributed by atoms with Gasteiger partial charge in [-0.25, -0.2) is 4.79 Å². The average molecular weight is 235 g/mol. The highest BCUT2D eigenvalue weighted by Crippen LogP contribution is 2.17. The number of carboxylic acid groups (broad SMARTS) is 1. The van der Waals surface area contributed by atoms with E-state index in [1.807, 2.05) is 35.2 Å². The average Bonchev–Trinajstić information content (AvgIpc) is 2.35. The third kappa shape index (κ3) is 4.10. The summed E-state index contributed by atoms with van der Waals surface area (Å²) in [5, 5.41) is 9.13. The molecule has 0 aliphatic carbocycles. The van der Waals surface area contributed by atoms with E-state index in [0.29, 0.717) is 0 Å². The number of rotatable bonds is 7. The normalized spacial score (nSPS) is 12.1. The predicted molar refractivity (Wildman–Crippen MR) is 70.4 cm³/mol. The number of anilines is 1. The van der Waals surface area contributed by atoms with Crippen LogP contribution in [-0.4, -0.2) is 23.7 Å². The van der Waals surface area contributed by atoms with Crippen molar-refractivity contribution in [3.63, 3.8) is 0 Å². The van der Waals surface area contributed by atoms with Crippen LogP contribution < -0.4 is 4.90 Å². The van der Waals surface area contributed by atoms with Gasteiger partial charge in [-0.15, -0.1) is 0 Å². The number of carbonyl (C=O) groups is 1. The van der Waals surface area contributed by atoms with E-state index in [1.54, 1.807) is 6.92 Å². The highest BCUT2D eigenvalue weighted by molar-refractivity contribution is 5.77. The van der Waals surface area contributed by atoms with Crippen LogP contribution in [0.1, 0.15) is 33.1 Å². The Morgan fingerprint density at radius 3 is 2.47 bits per heavy atom. The van der Waals surface area contributed by atoms with E-state index in [9.17, 15) is 4.79 Å². The molecule has 1 aromatic carbocycles. The van der Waals surface area contributed by atoms with Crippen LogP contribution in [0.2, 0.25) is 0 Å². The van der Waals surface area contributed by atoms with Crippen molar-refractivity contribution in [2.45, 2.75) is 39.2 Å². The lowest BCUT2D eigenvalue weighted by molar-refractivity contribution is -0.138. The van der Waals surface area contributed by atoms with E-state index < -0.39 is 12.0 Å². The van der Waals surface area contributed by atoms with Gasteiger partial charge in [-0.3, -0.25) is 0 Å². The molecule has 1 rings (SSSR count). The van der Waals surface area contributed by atoms with Gasteiger partial charge in [-0.1, -0.05) is 38.0 Å². The zero-order chi connectivity index (χ0) is 12.7. The van der Waals surface area contributed by atoms with Gasteiger partial charge in [0.1, 0.15) is 6.04 Å². The van der Waals surface area contributed by atoms with Crippen molar-refractivity contribution < 1.29 is 9.90 Å². The molecule has 3 heteroatoms. The number of nitrogens with zero attached hydrogens (tertiary/aromatic N) is 1. The summed E-state index contributed by atoms with van der Waals surface area (Å²) in [6, 6.07) is 9.28. The third-order valence-corrected chi connectivity index (χ3v) is 2.92. The number of hydrogen-bond donors (Lipinski definition) is 1. The topological polar surface area (TPSA) is 40.5 Å². The smallest absolute Gasteiger partial charge is 0.326 e. The second-order valence-corrected chi connectivity index (χ2v) is 4.25. The van der Waals surface area contributed by atoms with Crippen LogP contribution >= 0.6 is 0 Å². The first-order chi connectivity index (χ1) is 8.16. The van der Waals surface area contributed by atoms with E-state index in [4.69, 9.17) is 5.11 Å². The molecule has 0 aliphatic heterocycles. The quantitative estimate of drug-likeness (QED) is 0.738. The molecular formula is C14H21NO2. The largest absolute Gasteiger partial charge is 0.480 e. The minimum atomic E-state index is -0.773. The summed E-state index contributed by atoms with van der Waals surface area (Å²) in [6.07, 6.45) is 3.31. The van der Waals surface area contributed by atoms with Gasteiger partial charge in [-0.05, 0) is 25.5 Å². The third-order valence-electron chi connectivity index (χ3n) is 2.92. The SMILES string of the molecule is CCCCCN(c1ccccc1)C(C)C(=O)O. The van der Waals surface area contributed by atoms with E-state index in [2.05, 4.69) is 6.92 Å². The first-order valence-electron chi connectivity index (χ1n) is 6.21. The monoisotopic (exact) mass is 235 g/mol. The fourth-order valence-electron chi connectivity index (χ4n) is 1.83. The van der Waals surface area contributed by atoms with Crippen LogP contribution in [0, 0.1) is 0 Å². The summed E-state index contributed by atoms with van der Waals surface area (Å²) in [7, 11) is 0. The molecule has 1 atom stereocenters. The molecule has 0 radical (unpaired) electrons. The summed E-state index contributed by atoms with van der Waals surface area (Å²) >= 11 is 0. The van der Waals surface area contributed by atoms with Gasteiger partial charge < -0.3 is 10.0 Å². The number of para-hydroxylation sites is 1. The van der Waals surface area contributed by atoms with E-state index >= 15 is 0 Å². The Labute approximate surface area is 103 Å². The van der Waals surface area contributed by atoms with Gasteiger partial charge in [0.15, 0.2) is 0 Å². The summed E-state index contributed by atoms with van der Waals surface area (Å²) in [5.41, 5.74) is 0.985. The maximum absolute atomic E-state index is 11.1. The van der Waals surface area contributed by atoms with Gasteiger partial charge in [-0.2, -0.15) is 0 Å². The van der Waals surface area contributed by atoms with Crippen molar-refractivity contribution in [2.75, 3.05) is 11.4 Å². The molecule has 3 nitrogen and oxygen atoms in total. The molecular weight excluding hydrogens is 214 g/mol. The van der Waals surface area contributed by atoms with Crippen LogP contribution in [0.3, 0.4) is 0 Å². The molecule has 0 aliphatic rings. The van der Waals surface area contributed by atoms with Crippen LogP contribution in [0.4, 0.5) is 5.69 Å². The van der Waals surface area contributed by atoms with Crippen molar-refractivity contribution in [1.29, 1.82) is 0 Å². The minimum Gasteiger partial charge on any atom is -0.480 e. The van der Waals surface area contributed by atoms with Gasteiger partial charge >= 0.3 is 5.97 Å².